The summed E-state index contributed by atoms with van der Waals surface area (Å²) < 4.78 is 0. The van der Waals surface area contributed by atoms with E-state index >= 15 is 0 Å². The summed E-state index contributed by atoms with van der Waals surface area (Å²) in [7, 11) is 0. The molecule has 6 heteroatoms. The van der Waals surface area contributed by atoms with E-state index in [2.05, 4.69) is 5.32 Å². The van der Waals surface area contributed by atoms with Crippen molar-refractivity contribution in [2.45, 2.75) is 0 Å². The number of rotatable bonds is 2. The van der Waals surface area contributed by atoms with Gasteiger partial charge in [0, 0.05) is 19.2 Å². The lowest BCUT2D eigenvalue weighted by Gasteiger charge is -2.25. The van der Waals surface area contributed by atoms with E-state index in [-0.39, 0.29) is 18.4 Å². The minimum absolute atomic E-state index is 0.102. The van der Waals surface area contributed by atoms with Crippen LogP contribution >= 0.6 is 23.2 Å². The normalized spacial score (nSPS) is 15.7. The third-order valence-electron chi connectivity index (χ3n) is 2.71. The van der Waals surface area contributed by atoms with Gasteiger partial charge in [-0.15, -0.1) is 0 Å². The molecule has 0 spiro atoms. The Morgan fingerprint density at radius 1 is 1.32 bits per heavy atom. The van der Waals surface area contributed by atoms with Gasteiger partial charge in [-0.3, -0.25) is 9.59 Å². The van der Waals surface area contributed by atoms with E-state index in [1.165, 1.54) is 11.0 Å². The quantitative estimate of drug-likeness (QED) is 0.849. The molecule has 0 aromatic heterocycles. The number of piperazine rings is 1. The van der Waals surface area contributed by atoms with Gasteiger partial charge in [-0.2, -0.15) is 0 Å². The number of carbonyl (C=O) groups is 2. The molecule has 0 aliphatic carbocycles. The zero-order valence-corrected chi connectivity index (χ0v) is 11.5. The Morgan fingerprint density at radius 3 is 2.79 bits per heavy atom. The molecule has 100 valence electrons. The molecule has 1 aliphatic heterocycles. The van der Waals surface area contributed by atoms with Gasteiger partial charge in [0.2, 0.25) is 11.8 Å². The molecule has 1 aliphatic rings. The first-order chi connectivity index (χ1) is 9.06. The maximum atomic E-state index is 11.9. The van der Waals surface area contributed by atoms with Crippen molar-refractivity contribution in [3.8, 4) is 0 Å². The van der Waals surface area contributed by atoms with E-state index in [0.29, 0.717) is 23.1 Å². The van der Waals surface area contributed by atoms with Gasteiger partial charge in [0.25, 0.3) is 0 Å². The fourth-order valence-electron chi connectivity index (χ4n) is 1.72. The Balaban J connectivity index is 2.03. The first-order valence-electron chi connectivity index (χ1n) is 5.75. The molecule has 1 saturated heterocycles. The smallest absolute Gasteiger partial charge is 0.247 e. The minimum Gasteiger partial charge on any atom is -0.353 e. The maximum absolute atomic E-state index is 11.9. The molecule has 19 heavy (non-hydrogen) atoms. The summed E-state index contributed by atoms with van der Waals surface area (Å²) in [5.41, 5.74) is 0.782. The van der Waals surface area contributed by atoms with Crippen LogP contribution in [-0.2, 0) is 9.59 Å². The highest BCUT2D eigenvalue weighted by Crippen LogP contribution is 2.23. The average molecular weight is 299 g/mol. The Labute approximate surface area is 121 Å². The molecule has 1 fully saturated rings. The molecule has 2 amide bonds. The molecule has 0 radical (unpaired) electrons. The fraction of sp³-hybridized carbons (Fsp3) is 0.231. The zero-order valence-electron chi connectivity index (χ0n) is 10.0. The van der Waals surface area contributed by atoms with Crippen LogP contribution in [0.15, 0.2) is 24.3 Å². The number of hydrogen-bond acceptors (Lipinski definition) is 2. The Bertz CT molecular complexity index is 543. The van der Waals surface area contributed by atoms with Crippen molar-refractivity contribution < 1.29 is 9.59 Å². The number of hydrogen-bond donors (Lipinski definition) is 1. The molecule has 0 saturated carbocycles. The predicted octanol–water partition coefficient (Wildman–Crippen LogP) is 1.96. The van der Waals surface area contributed by atoms with Crippen LogP contribution in [0.3, 0.4) is 0 Å². The van der Waals surface area contributed by atoms with Gasteiger partial charge in [-0.1, -0.05) is 29.3 Å². The van der Waals surface area contributed by atoms with Crippen molar-refractivity contribution in [2.24, 2.45) is 0 Å². The number of halogens is 2. The van der Waals surface area contributed by atoms with Gasteiger partial charge in [0.05, 0.1) is 16.6 Å². The number of benzene rings is 1. The van der Waals surface area contributed by atoms with Crippen molar-refractivity contribution in [1.82, 2.24) is 10.2 Å². The molecule has 1 aromatic carbocycles. The molecule has 0 bridgehead atoms. The van der Waals surface area contributed by atoms with E-state index in [4.69, 9.17) is 23.2 Å². The second-order valence-corrected chi connectivity index (χ2v) is 4.93. The summed E-state index contributed by atoms with van der Waals surface area (Å²) in [6, 6.07) is 5.11. The van der Waals surface area contributed by atoms with Gasteiger partial charge in [0.1, 0.15) is 0 Å². The second kappa shape index (κ2) is 6.08. The van der Waals surface area contributed by atoms with Crippen molar-refractivity contribution in [2.75, 3.05) is 19.6 Å². The largest absolute Gasteiger partial charge is 0.353 e. The summed E-state index contributed by atoms with van der Waals surface area (Å²) in [5.74, 6) is -0.330. The van der Waals surface area contributed by atoms with Crippen LogP contribution < -0.4 is 5.32 Å². The third kappa shape index (κ3) is 3.72. The lowest BCUT2D eigenvalue weighted by molar-refractivity contribution is -0.134. The Hall–Kier alpha value is -1.52. The molecule has 0 unspecified atom stereocenters. The van der Waals surface area contributed by atoms with Gasteiger partial charge >= 0.3 is 0 Å². The van der Waals surface area contributed by atoms with E-state index in [1.54, 1.807) is 24.3 Å². The molecule has 0 atom stereocenters. The minimum atomic E-state index is -0.194. The number of nitrogens with one attached hydrogen (secondary N) is 1. The van der Waals surface area contributed by atoms with Crippen LogP contribution in [-0.4, -0.2) is 36.3 Å². The zero-order chi connectivity index (χ0) is 13.8. The van der Waals surface area contributed by atoms with E-state index < -0.39 is 0 Å². The number of amides is 2. The second-order valence-electron chi connectivity index (χ2n) is 4.12. The summed E-state index contributed by atoms with van der Waals surface area (Å²) in [6.45, 7) is 1.12. The predicted molar refractivity (Wildman–Crippen MR) is 75.1 cm³/mol. The molecular weight excluding hydrogens is 287 g/mol. The SMILES string of the molecule is O=C1CN(C(=O)/C=C\c2ccc(Cl)c(Cl)c2)CCN1. The van der Waals surface area contributed by atoms with Crippen molar-refractivity contribution in [3.05, 3.63) is 39.9 Å². The lowest BCUT2D eigenvalue weighted by Crippen LogP contribution is -2.49. The molecule has 2 rings (SSSR count). The highest BCUT2D eigenvalue weighted by Gasteiger charge is 2.18. The summed E-state index contributed by atoms with van der Waals surface area (Å²) in [6.07, 6.45) is 3.08. The fourth-order valence-corrected chi connectivity index (χ4v) is 2.02. The summed E-state index contributed by atoms with van der Waals surface area (Å²) in [4.78, 5) is 24.5. The third-order valence-corrected chi connectivity index (χ3v) is 3.45. The van der Waals surface area contributed by atoms with Gasteiger partial charge in [0.15, 0.2) is 0 Å². The molecule has 1 aromatic rings. The highest BCUT2D eigenvalue weighted by atomic mass is 35.5. The monoisotopic (exact) mass is 298 g/mol. The van der Waals surface area contributed by atoms with Crippen LogP contribution in [0.4, 0.5) is 0 Å². The topological polar surface area (TPSA) is 49.4 Å². The maximum Gasteiger partial charge on any atom is 0.247 e. The van der Waals surface area contributed by atoms with Crippen LogP contribution in [0, 0.1) is 0 Å². The molecular formula is C13H12Cl2N2O2. The Kier molecular flexibility index (Phi) is 4.45. The van der Waals surface area contributed by atoms with Crippen molar-refractivity contribution >= 4 is 41.1 Å². The number of carbonyl (C=O) groups excluding carboxylic acids is 2. The Morgan fingerprint density at radius 2 is 2.11 bits per heavy atom. The highest BCUT2D eigenvalue weighted by molar-refractivity contribution is 6.42. The number of nitrogens with zero attached hydrogens (tertiary/aromatic N) is 1. The summed E-state index contributed by atoms with van der Waals surface area (Å²) >= 11 is 11.7. The van der Waals surface area contributed by atoms with Crippen LogP contribution in [0.25, 0.3) is 6.08 Å². The van der Waals surface area contributed by atoms with Crippen molar-refractivity contribution in [1.29, 1.82) is 0 Å². The first-order valence-corrected chi connectivity index (χ1v) is 6.50. The molecule has 1 N–H and O–H groups in total. The first kappa shape index (κ1) is 13.9. The van der Waals surface area contributed by atoms with Crippen molar-refractivity contribution in [3.63, 3.8) is 0 Å². The van der Waals surface area contributed by atoms with Crippen LogP contribution in [0.1, 0.15) is 5.56 Å². The van der Waals surface area contributed by atoms with Gasteiger partial charge < -0.3 is 10.2 Å². The van der Waals surface area contributed by atoms with E-state index in [0.717, 1.165) is 5.56 Å². The van der Waals surface area contributed by atoms with Gasteiger partial charge in [-0.25, -0.2) is 0 Å². The van der Waals surface area contributed by atoms with E-state index in [1.807, 2.05) is 0 Å². The average Bonchev–Trinajstić information content (AvgIpc) is 2.40. The molecule has 4 nitrogen and oxygen atoms in total. The summed E-state index contributed by atoms with van der Waals surface area (Å²) in [5, 5.41) is 3.57. The van der Waals surface area contributed by atoms with Crippen LogP contribution in [0.5, 0.6) is 0 Å². The van der Waals surface area contributed by atoms with Crippen LogP contribution in [0.2, 0.25) is 10.0 Å². The van der Waals surface area contributed by atoms with Gasteiger partial charge in [-0.05, 0) is 23.8 Å². The molecule has 1 heterocycles. The lowest BCUT2D eigenvalue weighted by atomic mass is 10.2. The van der Waals surface area contributed by atoms with E-state index in [9.17, 15) is 9.59 Å². The standard InChI is InChI=1S/C13H12Cl2N2O2/c14-10-3-1-9(7-11(10)15)2-4-13(19)17-6-5-16-12(18)8-17/h1-4,7H,5-6,8H2,(H,16,18)/b4-2-.